The van der Waals surface area contributed by atoms with Gasteiger partial charge < -0.3 is 9.47 Å². The summed E-state index contributed by atoms with van der Waals surface area (Å²) < 4.78 is 11.4. The Morgan fingerprint density at radius 1 is 1.13 bits per heavy atom. The maximum Gasteiger partial charge on any atom is 0.150 e. The number of ether oxygens (including phenoxy) is 2. The number of aromatic nitrogens is 2. The first kappa shape index (κ1) is 19.7. The van der Waals surface area contributed by atoms with E-state index < -0.39 is 0 Å². The lowest BCUT2D eigenvalue weighted by Gasteiger charge is -2.23. The van der Waals surface area contributed by atoms with Gasteiger partial charge in [-0.2, -0.15) is 5.26 Å². The van der Waals surface area contributed by atoms with E-state index in [0.29, 0.717) is 42.3 Å². The lowest BCUT2D eigenvalue weighted by atomic mass is 10.1. The molecule has 0 aliphatic carbocycles. The number of nitrogens with zero attached hydrogens (tertiary/aromatic N) is 3. The van der Waals surface area contributed by atoms with Gasteiger partial charge in [0.25, 0.3) is 0 Å². The van der Waals surface area contributed by atoms with Crippen molar-refractivity contribution in [2.45, 2.75) is 25.4 Å². The van der Waals surface area contributed by atoms with Gasteiger partial charge in [-0.25, -0.2) is 9.97 Å². The zero-order chi connectivity index (χ0) is 20.8. The highest BCUT2D eigenvalue weighted by Crippen LogP contribution is 2.27. The number of hydrogen-bond acceptors (Lipinski definition) is 6. The van der Waals surface area contributed by atoms with Crippen molar-refractivity contribution < 1.29 is 14.3 Å². The van der Waals surface area contributed by atoms with Gasteiger partial charge in [0.15, 0.2) is 0 Å². The molecule has 6 nitrogen and oxygen atoms in total. The van der Waals surface area contributed by atoms with Crippen molar-refractivity contribution in [2.75, 3.05) is 13.2 Å². The van der Waals surface area contributed by atoms with E-state index in [2.05, 4.69) is 16.0 Å². The molecule has 150 valence electrons. The highest BCUT2D eigenvalue weighted by molar-refractivity contribution is 5.74. The maximum absolute atomic E-state index is 10.8. The molecule has 0 bridgehead atoms. The number of carbonyl (C=O) groups excluding carboxylic acids is 1. The normalized spacial score (nSPS) is 14.1. The van der Waals surface area contributed by atoms with E-state index in [1.54, 1.807) is 24.4 Å². The van der Waals surface area contributed by atoms with Crippen molar-refractivity contribution in [2.24, 2.45) is 0 Å². The van der Waals surface area contributed by atoms with Crippen LogP contribution in [0.5, 0.6) is 5.75 Å². The molecule has 0 atom stereocenters. The molecule has 0 radical (unpaired) electrons. The lowest BCUT2D eigenvalue weighted by molar-refractivity contribution is 0.0254. The molecule has 2 aromatic carbocycles. The van der Waals surface area contributed by atoms with Gasteiger partial charge in [-0.3, -0.25) is 4.79 Å². The second-order valence-corrected chi connectivity index (χ2v) is 7.15. The Morgan fingerprint density at radius 3 is 2.67 bits per heavy atom. The first-order valence-electron chi connectivity index (χ1n) is 9.90. The molecule has 1 aromatic heterocycles. The molecule has 2 heterocycles. The third-order valence-electron chi connectivity index (χ3n) is 5.04. The molecule has 1 aliphatic heterocycles. The summed E-state index contributed by atoms with van der Waals surface area (Å²) in [6.07, 6.45) is 4.83. The fraction of sp³-hybridized carbons (Fsp3) is 0.250. The largest absolute Gasteiger partial charge is 0.489 e. The zero-order valence-corrected chi connectivity index (χ0v) is 16.5. The predicted molar refractivity (Wildman–Crippen MR) is 111 cm³/mol. The number of carbonyl (C=O) groups is 1. The van der Waals surface area contributed by atoms with Crippen molar-refractivity contribution in [1.82, 2.24) is 9.97 Å². The minimum Gasteiger partial charge on any atom is -0.489 e. The second kappa shape index (κ2) is 9.29. The fourth-order valence-corrected chi connectivity index (χ4v) is 3.39. The average Bonchev–Trinajstić information content (AvgIpc) is 2.81. The van der Waals surface area contributed by atoms with Crippen LogP contribution in [0.15, 0.2) is 54.7 Å². The van der Waals surface area contributed by atoms with Gasteiger partial charge in [0.1, 0.15) is 30.0 Å². The molecule has 0 saturated carbocycles. The van der Waals surface area contributed by atoms with E-state index in [-0.39, 0.29) is 6.10 Å². The van der Waals surface area contributed by atoms with Crippen LogP contribution in [0.3, 0.4) is 0 Å². The topological polar surface area (TPSA) is 85.1 Å². The van der Waals surface area contributed by atoms with Crippen LogP contribution < -0.4 is 4.74 Å². The van der Waals surface area contributed by atoms with Gasteiger partial charge in [-0.1, -0.05) is 24.3 Å². The molecule has 6 heteroatoms. The number of rotatable bonds is 6. The Kier molecular flexibility index (Phi) is 6.11. The Labute approximate surface area is 175 Å². The molecule has 4 rings (SSSR count). The SMILES string of the molecule is N#Cc1cc(-c2ccnc(Cc3ccc(C=O)cc3)n2)ccc1OC1CCOCC1. The van der Waals surface area contributed by atoms with Crippen LogP contribution in [0, 0.1) is 11.3 Å². The standard InChI is InChI=1S/C24H21N3O3/c25-15-20-14-19(5-6-23(20)30-21-8-11-29-12-9-21)22-7-10-26-24(27-22)13-17-1-3-18(16-28)4-2-17/h1-7,10,14,16,21H,8-9,11-13H2. The summed E-state index contributed by atoms with van der Waals surface area (Å²) in [6, 6.07) is 17.0. The van der Waals surface area contributed by atoms with Crippen LogP contribution in [0.1, 0.15) is 40.2 Å². The van der Waals surface area contributed by atoms with E-state index in [1.807, 2.05) is 30.3 Å². The molecule has 0 amide bonds. The maximum atomic E-state index is 10.8. The summed E-state index contributed by atoms with van der Waals surface area (Å²) in [5.74, 6) is 1.27. The first-order valence-corrected chi connectivity index (χ1v) is 9.90. The first-order chi connectivity index (χ1) is 14.7. The molecule has 30 heavy (non-hydrogen) atoms. The summed E-state index contributed by atoms with van der Waals surface area (Å²) in [5.41, 5.74) is 3.74. The second-order valence-electron chi connectivity index (χ2n) is 7.15. The van der Waals surface area contributed by atoms with E-state index in [9.17, 15) is 10.1 Å². The minimum atomic E-state index is 0.0768. The fourth-order valence-electron chi connectivity index (χ4n) is 3.39. The number of nitriles is 1. The molecule has 1 saturated heterocycles. The van der Waals surface area contributed by atoms with Crippen LogP contribution in [0.25, 0.3) is 11.3 Å². The smallest absolute Gasteiger partial charge is 0.150 e. The van der Waals surface area contributed by atoms with Crippen LogP contribution in [-0.2, 0) is 11.2 Å². The van der Waals surface area contributed by atoms with Crippen molar-refractivity contribution in [3.8, 4) is 23.1 Å². The third kappa shape index (κ3) is 4.70. The van der Waals surface area contributed by atoms with Crippen molar-refractivity contribution in [1.29, 1.82) is 5.26 Å². The van der Waals surface area contributed by atoms with Crippen molar-refractivity contribution in [3.05, 3.63) is 77.2 Å². The Balaban J connectivity index is 1.53. The summed E-state index contributed by atoms with van der Waals surface area (Å²) in [5, 5.41) is 9.60. The van der Waals surface area contributed by atoms with Crippen LogP contribution >= 0.6 is 0 Å². The quantitative estimate of drug-likeness (QED) is 0.583. The summed E-state index contributed by atoms with van der Waals surface area (Å²) in [7, 11) is 0. The Bertz CT molecular complexity index is 1070. The monoisotopic (exact) mass is 399 g/mol. The number of benzene rings is 2. The molecule has 0 N–H and O–H groups in total. The number of hydrogen-bond donors (Lipinski definition) is 0. The van der Waals surface area contributed by atoms with E-state index >= 15 is 0 Å². The van der Waals surface area contributed by atoms with Gasteiger partial charge in [0.05, 0.1) is 24.5 Å². The molecule has 1 aliphatic rings. The van der Waals surface area contributed by atoms with E-state index in [4.69, 9.17) is 9.47 Å². The third-order valence-corrected chi connectivity index (χ3v) is 5.04. The summed E-state index contributed by atoms with van der Waals surface area (Å²) in [6.45, 7) is 1.37. The van der Waals surface area contributed by atoms with Crippen LogP contribution in [-0.4, -0.2) is 35.6 Å². The highest BCUT2D eigenvalue weighted by atomic mass is 16.5. The van der Waals surface area contributed by atoms with Gasteiger partial charge in [0.2, 0.25) is 0 Å². The van der Waals surface area contributed by atoms with Crippen molar-refractivity contribution in [3.63, 3.8) is 0 Å². The molecule has 3 aromatic rings. The van der Waals surface area contributed by atoms with Crippen LogP contribution in [0.4, 0.5) is 0 Å². The minimum absolute atomic E-state index is 0.0768. The highest BCUT2D eigenvalue weighted by Gasteiger charge is 2.17. The van der Waals surface area contributed by atoms with E-state index in [1.165, 1.54) is 0 Å². The van der Waals surface area contributed by atoms with Gasteiger partial charge in [-0.15, -0.1) is 0 Å². The lowest BCUT2D eigenvalue weighted by Crippen LogP contribution is -2.26. The summed E-state index contributed by atoms with van der Waals surface area (Å²) >= 11 is 0. The molecule has 0 spiro atoms. The zero-order valence-electron chi connectivity index (χ0n) is 16.5. The predicted octanol–water partition coefficient (Wildman–Crippen LogP) is 3.98. The van der Waals surface area contributed by atoms with Gasteiger partial charge >= 0.3 is 0 Å². The van der Waals surface area contributed by atoms with Gasteiger partial charge in [0, 0.05) is 36.6 Å². The van der Waals surface area contributed by atoms with Gasteiger partial charge in [-0.05, 0) is 29.8 Å². The Hall–Kier alpha value is -3.56. The Morgan fingerprint density at radius 2 is 1.93 bits per heavy atom. The molecule has 1 fully saturated rings. The van der Waals surface area contributed by atoms with Crippen molar-refractivity contribution >= 4 is 6.29 Å². The van der Waals surface area contributed by atoms with Crippen LogP contribution in [0.2, 0.25) is 0 Å². The summed E-state index contributed by atoms with van der Waals surface area (Å²) in [4.78, 5) is 19.8. The molecule has 0 unspecified atom stereocenters. The average molecular weight is 399 g/mol. The number of aldehydes is 1. The van der Waals surface area contributed by atoms with E-state index in [0.717, 1.165) is 35.9 Å². The molecular weight excluding hydrogens is 378 g/mol. The molecular formula is C24H21N3O3.